The van der Waals surface area contributed by atoms with E-state index in [4.69, 9.17) is 5.73 Å². The normalized spacial score (nSPS) is 10.9. The largest absolute Gasteiger partial charge is 0.370 e. The average Bonchev–Trinajstić information content (AvgIpc) is 2.41. The Morgan fingerprint density at radius 1 is 1.24 bits per heavy atom. The first-order valence-corrected chi connectivity index (χ1v) is 6.68. The van der Waals surface area contributed by atoms with Gasteiger partial charge in [-0.15, -0.1) is 24.0 Å². The summed E-state index contributed by atoms with van der Waals surface area (Å²) in [7, 11) is 0. The maximum atomic E-state index is 5.87. The molecule has 5 heteroatoms. The van der Waals surface area contributed by atoms with Gasteiger partial charge in [0.15, 0.2) is 5.96 Å². The minimum Gasteiger partial charge on any atom is -0.370 e. The fourth-order valence-corrected chi connectivity index (χ4v) is 1.86. The molecule has 2 rings (SSSR count). The molecule has 0 atom stereocenters. The minimum absolute atomic E-state index is 0. The van der Waals surface area contributed by atoms with E-state index in [0.29, 0.717) is 12.5 Å². The topological polar surface area (TPSA) is 63.3 Å². The molecule has 0 saturated heterocycles. The van der Waals surface area contributed by atoms with Crippen LogP contribution in [0.3, 0.4) is 0 Å². The third kappa shape index (κ3) is 6.12. The molecule has 0 saturated carbocycles. The number of hydrogen-bond acceptors (Lipinski definition) is 2. The van der Waals surface area contributed by atoms with Gasteiger partial charge in [0.1, 0.15) is 0 Å². The first kappa shape index (κ1) is 17.4. The third-order valence-corrected chi connectivity index (χ3v) is 2.95. The highest BCUT2D eigenvalue weighted by Crippen LogP contribution is 2.08. The lowest BCUT2D eigenvalue weighted by atomic mass is 10.2. The number of anilines is 1. The Balaban J connectivity index is 0.00000220. The number of hydrogen-bond donors (Lipinski definition) is 2. The molecule has 0 spiro atoms. The van der Waals surface area contributed by atoms with Crippen molar-refractivity contribution in [1.29, 1.82) is 0 Å². The molecule has 3 N–H and O–H groups in total. The molecular formula is C16H21IN4. The van der Waals surface area contributed by atoms with Gasteiger partial charge in [-0.1, -0.05) is 18.2 Å². The summed E-state index contributed by atoms with van der Waals surface area (Å²) in [5.74, 6) is 0.440. The molecule has 1 heterocycles. The number of guanidine groups is 1. The van der Waals surface area contributed by atoms with Crippen molar-refractivity contribution >= 4 is 35.6 Å². The first-order valence-electron chi connectivity index (χ1n) is 6.68. The summed E-state index contributed by atoms with van der Waals surface area (Å²) in [6, 6.07) is 12.1. The van der Waals surface area contributed by atoms with Crippen molar-refractivity contribution in [2.24, 2.45) is 10.7 Å². The van der Waals surface area contributed by atoms with Crippen LogP contribution in [0.2, 0.25) is 0 Å². The van der Waals surface area contributed by atoms with Crippen molar-refractivity contribution in [2.45, 2.75) is 20.3 Å². The molecule has 112 valence electrons. The molecule has 2 aromatic rings. The van der Waals surface area contributed by atoms with E-state index in [-0.39, 0.29) is 24.0 Å². The van der Waals surface area contributed by atoms with Gasteiger partial charge >= 0.3 is 0 Å². The SMILES string of the molecule is Cc1cccc(NC(N)=NCCc2ccc(C)nc2)c1.I. The predicted octanol–water partition coefficient (Wildman–Crippen LogP) is 3.29. The van der Waals surface area contributed by atoms with Crippen molar-refractivity contribution in [1.82, 2.24) is 4.98 Å². The molecule has 0 aliphatic heterocycles. The van der Waals surface area contributed by atoms with Crippen molar-refractivity contribution in [2.75, 3.05) is 11.9 Å². The zero-order valence-corrected chi connectivity index (χ0v) is 14.7. The van der Waals surface area contributed by atoms with Crippen molar-refractivity contribution < 1.29 is 0 Å². The monoisotopic (exact) mass is 396 g/mol. The van der Waals surface area contributed by atoms with Crippen molar-refractivity contribution in [3.63, 3.8) is 0 Å². The van der Waals surface area contributed by atoms with Gasteiger partial charge in [-0.2, -0.15) is 0 Å². The second kappa shape index (κ2) is 8.61. The molecule has 0 amide bonds. The number of aryl methyl sites for hydroxylation is 2. The second-order valence-electron chi connectivity index (χ2n) is 4.82. The average molecular weight is 396 g/mol. The molecule has 0 fully saturated rings. The smallest absolute Gasteiger partial charge is 0.193 e. The number of aliphatic imine (C=N–C) groups is 1. The summed E-state index contributed by atoms with van der Waals surface area (Å²) in [6.07, 6.45) is 2.72. The van der Waals surface area contributed by atoms with E-state index in [1.165, 1.54) is 11.1 Å². The molecule has 1 aromatic carbocycles. The molecule has 4 nitrogen and oxygen atoms in total. The second-order valence-corrected chi connectivity index (χ2v) is 4.82. The Morgan fingerprint density at radius 3 is 2.71 bits per heavy atom. The summed E-state index contributed by atoms with van der Waals surface area (Å²) in [5, 5.41) is 3.09. The quantitative estimate of drug-likeness (QED) is 0.474. The van der Waals surface area contributed by atoms with E-state index in [9.17, 15) is 0 Å². The van der Waals surface area contributed by atoms with Gasteiger partial charge in [-0.3, -0.25) is 9.98 Å². The highest BCUT2D eigenvalue weighted by atomic mass is 127. The van der Waals surface area contributed by atoms with Crippen LogP contribution in [0.4, 0.5) is 5.69 Å². The van der Waals surface area contributed by atoms with Crippen LogP contribution in [0.5, 0.6) is 0 Å². The van der Waals surface area contributed by atoms with E-state index < -0.39 is 0 Å². The Morgan fingerprint density at radius 2 is 2.05 bits per heavy atom. The summed E-state index contributed by atoms with van der Waals surface area (Å²) in [5.41, 5.74) is 10.2. The standard InChI is InChI=1S/C16H20N4.HI/c1-12-4-3-5-15(10-12)20-16(17)18-9-8-14-7-6-13(2)19-11-14;/h3-7,10-11H,8-9H2,1-2H3,(H3,17,18,20);1H. The lowest BCUT2D eigenvalue weighted by Gasteiger charge is -2.06. The number of nitrogens with two attached hydrogens (primary N) is 1. The van der Waals surface area contributed by atoms with E-state index in [1.807, 2.05) is 50.4 Å². The van der Waals surface area contributed by atoms with E-state index in [1.54, 1.807) is 0 Å². The lowest BCUT2D eigenvalue weighted by molar-refractivity contribution is 0.950. The number of benzene rings is 1. The van der Waals surface area contributed by atoms with Crippen LogP contribution >= 0.6 is 24.0 Å². The Kier molecular flexibility index (Phi) is 7.14. The summed E-state index contributed by atoms with van der Waals surface area (Å²) in [4.78, 5) is 8.58. The maximum absolute atomic E-state index is 5.87. The Labute approximate surface area is 142 Å². The van der Waals surface area contributed by atoms with Gasteiger partial charge < -0.3 is 11.1 Å². The fourth-order valence-electron chi connectivity index (χ4n) is 1.86. The molecule has 1 aromatic heterocycles. The minimum atomic E-state index is 0. The van der Waals surface area contributed by atoms with Crippen LogP contribution < -0.4 is 11.1 Å². The first-order chi connectivity index (χ1) is 9.63. The number of pyridine rings is 1. The predicted molar refractivity (Wildman–Crippen MR) is 99.4 cm³/mol. The molecule has 0 unspecified atom stereocenters. The summed E-state index contributed by atoms with van der Waals surface area (Å²) in [6.45, 7) is 4.67. The van der Waals surface area contributed by atoms with Crippen molar-refractivity contribution in [3.8, 4) is 0 Å². The number of nitrogens with zero attached hydrogens (tertiary/aromatic N) is 2. The van der Waals surface area contributed by atoms with E-state index in [2.05, 4.69) is 21.4 Å². The van der Waals surface area contributed by atoms with Gasteiger partial charge in [0, 0.05) is 24.1 Å². The van der Waals surface area contributed by atoms with E-state index >= 15 is 0 Å². The Hall–Kier alpha value is -1.63. The highest BCUT2D eigenvalue weighted by molar-refractivity contribution is 14.0. The molecule has 0 aliphatic rings. The lowest BCUT2D eigenvalue weighted by Crippen LogP contribution is -2.23. The van der Waals surface area contributed by atoms with Gasteiger partial charge in [0.05, 0.1) is 0 Å². The third-order valence-electron chi connectivity index (χ3n) is 2.95. The van der Waals surface area contributed by atoms with Crippen LogP contribution in [0.25, 0.3) is 0 Å². The van der Waals surface area contributed by atoms with Crippen LogP contribution in [0, 0.1) is 13.8 Å². The van der Waals surface area contributed by atoms with E-state index in [0.717, 1.165) is 17.8 Å². The molecule has 21 heavy (non-hydrogen) atoms. The van der Waals surface area contributed by atoms with Crippen molar-refractivity contribution in [3.05, 3.63) is 59.4 Å². The van der Waals surface area contributed by atoms with Crippen LogP contribution in [-0.4, -0.2) is 17.5 Å². The molecule has 0 aliphatic carbocycles. The van der Waals surface area contributed by atoms with Crippen LogP contribution in [0.1, 0.15) is 16.8 Å². The number of halogens is 1. The van der Waals surface area contributed by atoms with Gasteiger partial charge in [0.25, 0.3) is 0 Å². The number of rotatable bonds is 4. The van der Waals surface area contributed by atoms with Crippen LogP contribution in [0.15, 0.2) is 47.6 Å². The van der Waals surface area contributed by atoms with Crippen LogP contribution in [-0.2, 0) is 6.42 Å². The van der Waals surface area contributed by atoms with Gasteiger partial charge in [-0.05, 0) is 49.6 Å². The summed E-state index contributed by atoms with van der Waals surface area (Å²) >= 11 is 0. The number of aromatic nitrogens is 1. The molecule has 0 bridgehead atoms. The highest BCUT2D eigenvalue weighted by Gasteiger charge is 1.96. The number of nitrogens with one attached hydrogen (secondary N) is 1. The van der Waals surface area contributed by atoms with Gasteiger partial charge in [0.2, 0.25) is 0 Å². The molecule has 0 radical (unpaired) electrons. The maximum Gasteiger partial charge on any atom is 0.193 e. The molecular weight excluding hydrogens is 375 g/mol. The fraction of sp³-hybridized carbons (Fsp3) is 0.250. The Bertz CT molecular complexity index is 593. The zero-order chi connectivity index (χ0) is 14.4. The summed E-state index contributed by atoms with van der Waals surface area (Å²) < 4.78 is 0. The van der Waals surface area contributed by atoms with Gasteiger partial charge in [-0.25, -0.2) is 0 Å². The zero-order valence-electron chi connectivity index (χ0n) is 12.3.